The second-order valence-electron chi connectivity index (χ2n) is 7.85. The number of hydrogen-bond acceptors (Lipinski definition) is 5. The number of aryl methyl sites for hydroxylation is 3. The van der Waals surface area contributed by atoms with Crippen molar-refractivity contribution in [3.05, 3.63) is 62.8 Å². The molecule has 1 unspecified atom stereocenters. The fraction of sp³-hybridized carbons (Fsp3) is 0.455. The van der Waals surface area contributed by atoms with Crippen LogP contribution in [0.25, 0.3) is 10.2 Å². The quantitative estimate of drug-likeness (QED) is 0.633. The Labute approximate surface area is 177 Å². The van der Waals surface area contributed by atoms with Gasteiger partial charge in [0.05, 0.1) is 11.7 Å². The molecule has 0 spiro atoms. The number of aromatic nitrogens is 2. The van der Waals surface area contributed by atoms with E-state index in [9.17, 15) is 9.18 Å². The molecule has 4 nitrogen and oxygen atoms in total. The molecule has 0 saturated carbocycles. The summed E-state index contributed by atoms with van der Waals surface area (Å²) in [6.07, 6.45) is 5.41. The van der Waals surface area contributed by atoms with E-state index in [0.29, 0.717) is 19.0 Å². The zero-order valence-corrected chi connectivity index (χ0v) is 17.9. The average molecular weight is 430 g/mol. The maximum absolute atomic E-state index is 13.4. The maximum atomic E-state index is 13.4. The number of thioether (sulfide) groups is 1. The molecule has 7 heteroatoms. The highest BCUT2D eigenvalue weighted by atomic mass is 32.2. The minimum absolute atomic E-state index is 0.0525. The molecule has 2 aromatic heterocycles. The minimum atomic E-state index is -0.239. The average Bonchev–Trinajstić information content (AvgIpc) is 3.12. The third-order valence-corrected chi connectivity index (χ3v) is 8.21. The molecule has 3 heterocycles. The first-order chi connectivity index (χ1) is 14.2. The van der Waals surface area contributed by atoms with Gasteiger partial charge in [0, 0.05) is 42.1 Å². The van der Waals surface area contributed by atoms with E-state index in [-0.39, 0.29) is 11.4 Å². The van der Waals surface area contributed by atoms with Gasteiger partial charge in [0.15, 0.2) is 0 Å². The molecule has 2 aliphatic rings. The molecule has 0 radical (unpaired) electrons. The highest BCUT2D eigenvalue weighted by Crippen LogP contribution is 2.35. The summed E-state index contributed by atoms with van der Waals surface area (Å²) in [5, 5.41) is 0.819. The van der Waals surface area contributed by atoms with Gasteiger partial charge in [-0.15, -0.1) is 11.3 Å². The first-order valence-corrected chi connectivity index (χ1v) is 12.2. The molecule has 1 saturated heterocycles. The lowest BCUT2D eigenvalue weighted by Gasteiger charge is -2.36. The first-order valence-electron chi connectivity index (χ1n) is 10.2. The first kappa shape index (κ1) is 19.3. The third kappa shape index (κ3) is 3.88. The van der Waals surface area contributed by atoms with E-state index >= 15 is 0 Å². The van der Waals surface area contributed by atoms with E-state index in [1.165, 1.54) is 47.2 Å². The highest BCUT2D eigenvalue weighted by molar-refractivity contribution is 7.99. The predicted molar refractivity (Wildman–Crippen MR) is 119 cm³/mol. The maximum Gasteiger partial charge on any atom is 0.262 e. The van der Waals surface area contributed by atoms with Crippen LogP contribution < -0.4 is 5.56 Å². The number of hydrogen-bond donors (Lipinski definition) is 0. The monoisotopic (exact) mass is 429 g/mol. The lowest BCUT2D eigenvalue weighted by Crippen LogP contribution is -2.43. The highest BCUT2D eigenvalue weighted by Gasteiger charge is 2.29. The van der Waals surface area contributed by atoms with Crippen molar-refractivity contribution in [1.29, 1.82) is 0 Å². The normalized spacial score (nSPS) is 20.1. The van der Waals surface area contributed by atoms with Crippen LogP contribution >= 0.6 is 23.1 Å². The number of halogens is 1. The molecule has 0 bridgehead atoms. The summed E-state index contributed by atoms with van der Waals surface area (Å²) in [5.41, 5.74) is 2.17. The molecular weight excluding hydrogens is 405 g/mol. The molecular formula is C22H24FN3OS2. The van der Waals surface area contributed by atoms with Gasteiger partial charge in [-0.1, -0.05) is 12.1 Å². The Morgan fingerprint density at radius 3 is 2.93 bits per heavy atom. The van der Waals surface area contributed by atoms with Crippen LogP contribution in [0.5, 0.6) is 0 Å². The molecule has 1 aromatic carbocycles. The van der Waals surface area contributed by atoms with Crippen molar-refractivity contribution >= 4 is 33.3 Å². The predicted octanol–water partition coefficient (Wildman–Crippen LogP) is 3.75. The summed E-state index contributed by atoms with van der Waals surface area (Å²) in [6, 6.07) is 7.18. The summed E-state index contributed by atoms with van der Waals surface area (Å²) < 4.78 is 15.1. The Balaban J connectivity index is 1.39. The van der Waals surface area contributed by atoms with Crippen molar-refractivity contribution in [2.45, 2.75) is 38.3 Å². The number of nitrogens with zero attached hydrogens (tertiary/aromatic N) is 3. The molecule has 0 amide bonds. The summed E-state index contributed by atoms with van der Waals surface area (Å²) in [5.74, 6) is 2.22. The van der Waals surface area contributed by atoms with Gasteiger partial charge < -0.3 is 0 Å². The second kappa shape index (κ2) is 8.20. The molecule has 5 rings (SSSR count). The standard InChI is InChI=1S/C22H24FN3OS2/c23-16-3-1-2-15(12-16)6-7-26-14-24-21-20(22(26)27)18-5-4-17(13-19(18)29-21)25-8-10-28-11-9-25/h1-3,12,14,17H,4-11,13H2. The van der Waals surface area contributed by atoms with Crippen LogP contribution in [0, 0.1) is 5.82 Å². The Morgan fingerprint density at radius 1 is 1.24 bits per heavy atom. The van der Waals surface area contributed by atoms with Crippen LogP contribution in [0.2, 0.25) is 0 Å². The van der Waals surface area contributed by atoms with Crippen LogP contribution in [-0.4, -0.2) is 45.1 Å². The van der Waals surface area contributed by atoms with E-state index in [1.54, 1.807) is 28.3 Å². The summed E-state index contributed by atoms with van der Waals surface area (Å²) >= 11 is 3.75. The Bertz CT molecular complexity index is 1090. The van der Waals surface area contributed by atoms with Crippen LogP contribution in [0.4, 0.5) is 4.39 Å². The minimum Gasteiger partial charge on any atom is -0.298 e. The van der Waals surface area contributed by atoms with Gasteiger partial charge in [0.1, 0.15) is 10.6 Å². The van der Waals surface area contributed by atoms with Crippen molar-refractivity contribution < 1.29 is 4.39 Å². The Morgan fingerprint density at radius 2 is 2.10 bits per heavy atom. The van der Waals surface area contributed by atoms with Gasteiger partial charge in [0.25, 0.3) is 5.56 Å². The van der Waals surface area contributed by atoms with E-state index in [4.69, 9.17) is 0 Å². The van der Waals surface area contributed by atoms with Crippen LogP contribution in [-0.2, 0) is 25.8 Å². The van der Waals surface area contributed by atoms with Crippen molar-refractivity contribution in [1.82, 2.24) is 14.5 Å². The fourth-order valence-corrected chi connectivity index (χ4v) is 6.72. The van der Waals surface area contributed by atoms with Gasteiger partial charge in [0.2, 0.25) is 0 Å². The lowest BCUT2D eigenvalue weighted by molar-refractivity contribution is 0.199. The van der Waals surface area contributed by atoms with E-state index < -0.39 is 0 Å². The van der Waals surface area contributed by atoms with Crippen LogP contribution in [0.15, 0.2) is 35.4 Å². The van der Waals surface area contributed by atoms with Crippen molar-refractivity contribution in [2.24, 2.45) is 0 Å². The van der Waals surface area contributed by atoms with E-state index in [2.05, 4.69) is 9.88 Å². The van der Waals surface area contributed by atoms with E-state index in [1.807, 2.05) is 17.8 Å². The van der Waals surface area contributed by atoms with Crippen molar-refractivity contribution in [3.63, 3.8) is 0 Å². The summed E-state index contributed by atoms with van der Waals surface area (Å²) in [6.45, 7) is 2.88. The van der Waals surface area contributed by atoms with Crippen LogP contribution in [0.1, 0.15) is 22.4 Å². The summed E-state index contributed by atoms with van der Waals surface area (Å²) in [4.78, 5) is 22.6. The van der Waals surface area contributed by atoms with Gasteiger partial charge in [-0.05, 0) is 48.9 Å². The Kier molecular flexibility index (Phi) is 5.45. The largest absolute Gasteiger partial charge is 0.298 e. The number of benzene rings is 1. The summed E-state index contributed by atoms with van der Waals surface area (Å²) in [7, 11) is 0. The van der Waals surface area contributed by atoms with Gasteiger partial charge >= 0.3 is 0 Å². The second-order valence-corrected chi connectivity index (χ2v) is 10.2. The van der Waals surface area contributed by atoms with Gasteiger partial charge in [-0.25, -0.2) is 9.37 Å². The topological polar surface area (TPSA) is 38.1 Å². The fourth-order valence-electron chi connectivity index (χ4n) is 4.54. The van der Waals surface area contributed by atoms with Crippen molar-refractivity contribution in [3.8, 4) is 0 Å². The molecule has 1 aliphatic heterocycles. The van der Waals surface area contributed by atoms with Gasteiger partial charge in [-0.2, -0.15) is 11.8 Å². The molecule has 1 fully saturated rings. The third-order valence-electron chi connectivity index (χ3n) is 6.10. The number of thiophene rings is 1. The molecule has 29 heavy (non-hydrogen) atoms. The van der Waals surface area contributed by atoms with E-state index in [0.717, 1.165) is 35.0 Å². The SMILES string of the molecule is O=c1c2c3c(sc2ncn1CCc1cccc(F)c1)CC(N1CCSCC1)CC3. The van der Waals surface area contributed by atoms with Gasteiger partial charge in [-0.3, -0.25) is 14.3 Å². The van der Waals surface area contributed by atoms with Crippen LogP contribution in [0.3, 0.4) is 0 Å². The van der Waals surface area contributed by atoms with Crippen molar-refractivity contribution in [2.75, 3.05) is 24.6 Å². The molecule has 1 atom stereocenters. The molecule has 3 aromatic rings. The Hall–Kier alpha value is -1.70. The number of fused-ring (bicyclic) bond motifs is 3. The molecule has 0 N–H and O–H groups in total. The lowest BCUT2D eigenvalue weighted by atomic mass is 9.92. The zero-order valence-electron chi connectivity index (χ0n) is 16.3. The molecule has 152 valence electrons. The number of rotatable bonds is 4. The molecule has 1 aliphatic carbocycles. The smallest absolute Gasteiger partial charge is 0.262 e. The zero-order chi connectivity index (χ0) is 19.8.